The topological polar surface area (TPSA) is 12.0 Å². The summed E-state index contributed by atoms with van der Waals surface area (Å²) in [6.07, 6.45) is 0. The van der Waals surface area contributed by atoms with Crippen molar-refractivity contribution >= 4 is 17.4 Å². The van der Waals surface area contributed by atoms with E-state index in [1.54, 1.807) is 0 Å². The van der Waals surface area contributed by atoms with Gasteiger partial charge in [0.25, 0.3) is 0 Å². The standard InChI is InChI=1S/C14H21NS/c1-9(2)11-7-13-14(16-6-5-15-13)8-12(11)10(3)4/h7-10,15H,5-6H2,1-4H3. The second-order valence-electron chi connectivity index (χ2n) is 5.06. The molecular formula is C14H21NS. The van der Waals surface area contributed by atoms with Crippen molar-refractivity contribution in [3.05, 3.63) is 23.3 Å². The third kappa shape index (κ3) is 2.22. The quantitative estimate of drug-likeness (QED) is 0.812. The van der Waals surface area contributed by atoms with E-state index in [4.69, 9.17) is 0 Å². The fraction of sp³-hybridized carbons (Fsp3) is 0.571. The molecule has 1 aliphatic rings. The van der Waals surface area contributed by atoms with Gasteiger partial charge >= 0.3 is 0 Å². The third-order valence-electron chi connectivity index (χ3n) is 3.10. The Labute approximate surface area is 103 Å². The van der Waals surface area contributed by atoms with Crippen LogP contribution in [0.4, 0.5) is 5.69 Å². The molecule has 2 heteroatoms. The summed E-state index contributed by atoms with van der Waals surface area (Å²) in [7, 11) is 0. The van der Waals surface area contributed by atoms with Crippen molar-refractivity contribution in [2.24, 2.45) is 0 Å². The van der Waals surface area contributed by atoms with Crippen LogP contribution < -0.4 is 5.32 Å². The molecule has 0 unspecified atom stereocenters. The highest BCUT2D eigenvalue weighted by molar-refractivity contribution is 7.99. The lowest BCUT2D eigenvalue weighted by Crippen LogP contribution is -2.12. The summed E-state index contributed by atoms with van der Waals surface area (Å²) in [5.41, 5.74) is 4.36. The Morgan fingerprint density at radius 1 is 1.06 bits per heavy atom. The average Bonchev–Trinajstić information content (AvgIpc) is 2.27. The Bertz CT molecular complexity index is 346. The van der Waals surface area contributed by atoms with Crippen molar-refractivity contribution in [2.45, 2.75) is 44.4 Å². The predicted octanol–water partition coefficient (Wildman–Crippen LogP) is 4.45. The minimum absolute atomic E-state index is 0.608. The molecule has 0 spiro atoms. The van der Waals surface area contributed by atoms with E-state index < -0.39 is 0 Å². The fourth-order valence-corrected chi connectivity index (χ4v) is 3.14. The van der Waals surface area contributed by atoms with Crippen LogP contribution in [0.3, 0.4) is 0 Å². The van der Waals surface area contributed by atoms with Gasteiger partial charge in [0.2, 0.25) is 0 Å². The van der Waals surface area contributed by atoms with Crippen LogP contribution in [0.15, 0.2) is 17.0 Å². The van der Waals surface area contributed by atoms with E-state index in [-0.39, 0.29) is 0 Å². The van der Waals surface area contributed by atoms with E-state index in [1.165, 1.54) is 27.5 Å². The molecule has 0 bridgehead atoms. The van der Waals surface area contributed by atoms with E-state index in [9.17, 15) is 0 Å². The Morgan fingerprint density at radius 3 is 2.31 bits per heavy atom. The van der Waals surface area contributed by atoms with Crippen molar-refractivity contribution < 1.29 is 0 Å². The summed E-state index contributed by atoms with van der Waals surface area (Å²) in [5, 5.41) is 3.50. The number of anilines is 1. The number of fused-ring (bicyclic) bond motifs is 1. The lowest BCUT2D eigenvalue weighted by atomic mass is 9.90. The molecule has 1 aliphatic heterocycles. The molecule has 0 atom stereocenters. The molecule has 0 saturated heterocycles. The highest BCUT2D eigenvalue weighted by Crippen LogP contribution is 2.37. The SMILES string of the molecule is CC(C)c1cc2c(cc1C(C)C)SCCN2. The second-order valence-corrected chi connectivity index (χ2v) is 6.20. The molecule has 1 heterocycles. The predicted molar refractivity (Wildman–Crippen MR) is 73.8 cm³/mol. The van der Waals surface area contributed by atoms with Crippen molar-refractivity contribution in [2.75, 3.05) is 17.6 Å². The van der Waals surface area contributed by atoms with Crippen LogP contribution in [0.5, 0.6) is 0 Å². The van der Waals surface area contributed by atoms with Gasteiger partial charge in [0.05, 0.1) is 0 Å². The van der Waals surface area contributed by atoms with Gasteiger partial charge in [-0.3, -0.25) is 0 Å². The summed E-state index contributed by atoms with van der Waals surface area (Å²) in [4.78, 5) is 1.43. The highest BCUT2D eigenvalue weighted by atomic mass is 32.2. The lowest BCUT2D eigenvalue weighted by molar-refractivity contribution is 0.786. The van der Waals surface area contributed by atoms with Crippen LogP contribution >= 0.6 is 11.8 Å². The van der Waals surface area contributed by atoms with E-state index in [0.29, 0.717) is 11.8 Å². The molecule has 0 radical (unpaired) electrons. The van der Waals surface area contributed by atoms with Gasteiger partial charge in [-0.2, -0.15) is 0 Å². The summed E-state index contributed by atoms with van der Waals surface area (Å²) >= 11 is 1.98. The molecule has 1 aromatic rings. The van der Waals surface area contributed by atoms with Crippen LogP contribution in [-0.2, 0) is 0 Å². The van der Waals surface area contributed by atoms with E-state index in [2.05, 4.69) is 45.1 Å². The van der Waals surface area contributed by atoms with Gasteiger partial charge in [0.15, 0.2) is 0 Å². The molecule has 0 aliphatic carbocycles. The van der Waals surface area contributed by atoms with Gasteiger partial charge in [-0.05, 0) is 35.1 Å². The summed E-state index contributed by atoms with van der Waals surface area (Å²) in [6, 6.07) is 4.76. The van der Waals surface area contributed by atoms with E-state index >= 15 is 0 Å². The molecule has 0 aromatic heterocycles. The van der Waals surface area contributed by atoms with Gasteiger partial charge in [-0.15, -0.1) is 11.8 Å². The number of rotatable bonds is 2. The zero-order chi connectivity index (χ0) is 11.7. The smallest absolute Gasteiger partial charge is 0.0481 e. The minimum atomic E-state index is 0.608. The first-order valence-electron chi connectivity index (χ1n) is 6.14. The molecule has 2 rings (SSSR count). The largest absolute Gasteiger partial charge is 0.383 e. The van der Waals surface area contributed by atoms with Gasteiger partial charge in [0.1, 0.15) is 0 Å². The van der Waals surface area contributed by atoms with Gasteiger partial charge < -0.3 is 5.32 Å². The number of benzene rings is 1. The fourth-order valence-electron chi connectivity index (χ4n) is 2.22. The van der Waals surface area contributed by atoms with Gasteiger partial charge in [-0.1, -0.05) is 27.7 Å². The van der Waals surface area contributed by atoms with Crippen molar-refractivity contribution in [1.82, 2.24) is 0 Å². The summed E-state index contributed by atoms with van der Waals surface area (Å²) < 4.78 is 0. The molecule has 16 heavy (non-hydrogen) atoms. The van der Waals surface area contributed by atoms with Crippen molar-refractivity contribution in [3.63, 3.8) is 0 Å². The molecule has 1 aromatic carbocycles. The Balaban J connectivity index is 2.50. The number of hydrogen-bond donors (Lipinski definition) is 1. The minimum Gasteiger partial charge on any atom is -0.383 e. The number of thioether (sulfide) groups is 1. The number of hydrogen-bond acceptors (Lipinski definition) is 2. The first-order chi connectivity index (χ1) is 7.59. The maximum atomic E-state index is 3.50. The van der Waals surface area contributed by atoms with Gasteiger partial charge in [-0.25, -0.2) is 0 Å². The molecular weight excluding hydrogens is 214 g/mol. The first kappa shape index (κ1) is 11.8. The second kappa shape index (κ2) is 4.70. The van der Waals surface area contributed by atoms with E-state index in [0.717, 1.165) is 6.54 Å². The van der Waals surface area contributed by atoms with Crippen LogP contribution in [0.2, 0.25) is 0 Å². The first-order valence-corrected chi connectivity index (χ1v) is 7.12. The molecule has 1 nitrogen and oxygen atoms in total. The zero-order valence-corrected chi connectivity index (χ0v) is 11.4. The van der Waals surface area contributed by atoms with Crippen LogP contribution in [0.1, 0.15) is 50.7 Å². The molecule has 0 saturated carbocycles. The van der Waals surface area contributed by atoms with Gasteiger partial charge in [0, 0.05) is 22.9 Å². The highest BCUT2D eigenvalue weighted by Gasteiger charge is 2.16. The Morgan fingerprint density at radius 2 is 1.69 bits per heavy atom. The van der Waals surface area contributed by atoms with Crippen LogP contribution in [0, 0.1) is 0 Å². The third-order valence-corrected chi connectivity index (χ3v) is 4.16. The normalized spacial score (nSPS) is 15.1. The number of nitrogens with one attached hydrogen (secondary N) is 1. The lowest BCUT2D eigenvalue weighted by Gasteiger charge is -2.23. The maximum Gasteiger partial charge on any atom is 0.0481 e. The van der Waals surface area contributed by atoms with Crippen LogP contribution in [0.25, 0.3) is 0 Å². The zero-order valence-electron chi connectivity index (χ0n) is 10.6. The summed E-state index contributed by atoms with van der Waals surface area (Å²) in [6.45, 7) is 10.2. The monoisotopic (exact) mass is 235 g/mol. The summed E-state index contributed by atoms with van der Waals surface area (Å²) in [5.74, 6) is 2.41. The van der Waals surface area contributed by atoms with Crippen molar-refractivity contribution in [1.29, 1.82) is 0 Å². The molecule has 0 amide bonds. The maximum absolute atomic E-state index is 3.50. The molecule has 88 valence electrons. The van der Waals surface area contributed by atoms with Crippen LogP contribution in [-0.4, -0.2) is 12.3 Å². The Kier molecular flexibility index (Phi) is 3.48. The molecule has 1 N–H and O–H groups in total. The molecule has 0 fully saturated rings. The van der Waals surface area contributed by atoms with Crippen molar-refractivity contribution in [3.8, 4) is 0 Å². The van der Waals surface area contributed by atoms with E-state index in [1.807, 2.05) is 11.8 Å². The average molecular weight is 235 g/mol. The Hall–Kier alpha value is -0.630.